The summed E-state index contributed by atoms with van der Waals surface area (Å²) < 4.78 is 45.6. The van der Waals surface area contributed by atoms with E-state index in [1.165, 1.54) is 26.2 Å². The second-order valence-electron chi connectivity index (χ2n) is 15.2. The maximum absolute atomic E-state index is 13.6. The third-order valence-corrected chi connectivity index (χ3v) is 12.6. The molecular weight excluding hydrogens is 782 g/mol. The highest BCUT2D eigenvalue weighted by molar-refractivity contribution is 7.25. The van der Waals surface area contributed by atoms with Crippen molar-refractivity contribution in [2.75, 3.05) is 0 Å². The number of benzene rings is 8. The van der Waals surface area contributed by atoms with Gasteiger partial charge in [0.15, 0.2) is 17.5 Å². The Morgan fingerprint density at radius 1 is 0.426 bits per heavy atom. The predicted octanol–water partition coefficient (Wildman–Crippen LogP) is 15.0. The molecule has 0 N–H and O–H groups in total. The first-order valence-corrected chi connectivity index (χ1v) is 20.7. The highest BCUT2D eigenvalue weighted by atomic mass is 32.1. The lowest BCUT2D eigenvalue weighted by Gasteiger charge is -2.16. The van der Waals surface area contributed by atoms with Crippen LogP contribution in [0.5, 0.6) is 0 Å². The maximum atomic E-state index is 13.6. The molecule has 0 radical (unpaired) electrons. The van der Waals surface area contributed by atoms with Crippen LogP contribution in [0, 0.1) is 6.92 Å². The number of hydrogen-bond acceptors (Lipinski definition) is 4. The molecule has 3 aromatic heterocycles. The normalized spacial score (nSPS) is 11.9. The van der Waals surface area contributed by atoms with E-state index in [2.05, 4.69) is 89.5 Å². The monoisotopic (exact) mass is 814 g/mol. The molecule has 4 nitrogen and oxygen atoms in total. The Hall–Kier alpha value is -7.42. The van der Waals surface area contributed by atoms with Gasteiger partial charge in [-0.15, -0.1) is 11.3 Å². The van der Waals surface area contributed by atoms with Crippen molar-refractivity contribution in [3.05, 3.63) is 193 Å². The van der Waals surface area contributed by atoms with E-state index in [-0.39, 0.29) is 0 Å². The van der Waals surface area contributed by atoms with Crippen LogP contribution in [0.25, 0.3) is 104 Å². The first kappa shape index (κ1) is 36.6. The molecule has 0 spiro atoms. The van der Waals surface area contributed by atoms with E-state index in [1.54, 1.807) is 24.3 Å². The van der Waals surface area contributed by atoms with Crippen LogP contribution in [-0.2, 0) is 6.18 Å². The third-order valence-electron chi connectivity index (χ3n) is 11.4. The van der Waals surface area contributed by atoms with Crippen molar-refractivity contribution in [2.45, 2.75) is 13.1 Å². The quantitative estimate of drug-likeness (QED) is 0.168. The van der Waals surface area contributed by atoms with Crippen molar-refractivity contribution >= 4 is 53.3 Å². The number of para-hydroxylation sites is 1. The molecule has 0 saturated heterocycles. The first-order chi connectivity index (χ1) is 29.8. The van der Waals surface area contributed by atoms with Crippen LogP contribution in [0.4, 0.5) is 13.2 Å². The molecule has 0 aliphatic carbocycles. The van der Waals surface area contributed by atoms with Crippen molar-refractivity contribution < 1.29 is 13.2 Å². The van der Waals surface area contributed by atoms with Crippen LogP contribution >= 0.6 is 11.3 Å². The van der Waals surface area contributed by atoms with Gasteiger partial charge in [-0.1, -0.05) is 121 Å². The molecule has 11 aromatic rings. The van der Waals surface area contributed by atoms with Crippen LogP contribution in [0.3, 0.4) is 0 Å². The zero-order chi connectivity index (χ0) is 41.2. The SMILES string of the molecule is Cc1cc(C(F)(F)F)ccc1-c1ccc2c(c1)c1ccccc1n2-c1ccc(-c2ccc3sc4ccccc4c3c2)cc1-c1nc(-c2ccccc2)nc(-c2ccccc2)n1. The van der Waals surface area contributed by atoms with Crippen molar-refractivity contribution in [2.24, 2.45) is 0 Å². The molecule has 0 aliphatic heterocycles. The van der Waals surface area contributed by atoms with Gasteiger partial charge in [-0.25, -0.2) is 15.0 Å². The summed E-state index contributed by atoms with van der Waals surface area (Å²) in [5.74, 6) is 1.64. The molecule has 11 rings (SSSR count). The fourth-order valence-corrected chi connectivity index (χ4v) is 9.57. The van der Waals surface area contributed by atoms with Crippen LogP contribution in [0.15, 0.2) is 182 Å². The minimum absolute atomic E-state index is 0.523. The average molecular weight is 815 g/mol. The molecule has 8 aromatic carbocycles. The molecule has 0 unspecified atom stereocenters. The number of halogens is 3. The first-order valence-electron chi connectivity index (χ1n) is 19.9. The molecule has 0 atom stereocenters. The average Bonchev–Trinajstić information content (AvgIpc) is 3.84. The Balaban J connectivity index is 1.16. The van der Waals surface area contributed by atoms with Gasteiger partial charge in [0.2, 0.25) is 0 Å². The van der Waals surface area contributed by atoms with E-state index >= 15 is 0 Å². The highest BCUT2D eigenvalue weighted by Crippen LogP contribution is 2.42. The van der Waals surface area contributed by atoms with Gasteiger partial charge in [-0.2, -0.15) is 13.2 Å². The van der Waals surface area contributed by atoms with Gasteiger partial charge >= 0.3 is 6.18 Å². The summed E-state index contributed by atoms with van der Waals surface area (Å²) in [6, 6.07) is 59.9. The zero-order valence-electron chi connectivity index (χ0n) is 32.7. The molecule has 3 heterocycles. The van der Waals surface area contributed by atoms with Gasteiger partial charge in [-0.05, 0) is 95.4 Å². The zero-order valence-corrected chi connectivity index (χ0v) is 33.5. The smallest absolute Gasteiger partial charge is 0.309 e. The fraction of sp³-hybridized carbons (Fsp3) is 0.0377. The minimum Gasteiger partial charge on any atom is -0.309 e. The largest absolute Gasteiger partial charge is 0.416 e. The van der Waals surface area contributed by atoms with Crippen molar-refractivity contribution in [3.63, 3.8) is 0 Å². The summed E-state index contributed by atoms with van der Waals surface area (Å²) in [5, 5.41) is 4.43. The summed E-state index contributed by atoms with van der Waals surface area (Å²) in [7, 11) is 0. The van der Waals surface area contributed by atoms with Crippen LogP contribution in [0.1, 0.15) is 11.1 Å². The lowest BCUT2D eigenvalue weighted by Crippen LogP contribution is -2.05. The molecule has 0 fully saturated rings. The highest BCUT2D eigenvalue weighted by Gasteiger charge is 2.31. The Kier molecular flexibility index (Phi) is 8.65. The molecule has 0 aliphatic rings. The van der Waals surface area contributed by atoms with Gasteiger partial charge < -0.3 is 4.57 Å². The second kappa shape index (κ2) is 14.4. The standard InChI is InChI=1S/C53H33F3N4S/c1-32-28-38(53(54,55)56)23-24-39(32)37-21-26-46-42(31-37)40-16-8-10-18-45(40)60(46)47-25-20-35(36-22-27-49-43(29-36)41-17-9-11-19-48(41)61-49)30-44(47)52-58-50(33-12-4-2-5-13-33)57-51(59-52)34-14-6-3-7-15-34/h2-31H,1H3. The Bertz CT molecular complexity index is 3420. The summed E-state index contributed by atoms with van der Waals surface area (Å²) in [4.78, 5) is 15.4. The van der Waals surface area contributed by atoms with E-state index in [0.29, 0.717) is 23.0 Å². The number of nitrogens with zero attached hydrogens (tertiary/aromatic N) is 4. The van der Waals surface area contributed by atoms with Gasteiger partial charge in [0.1, 0.15) is 0 Å². The number of thiophene rings is 1. The lowest BCUT2D eigenvalue weighted by atomic mass is 9.97. The van der Waals surface area contributed by atoms with E-state index in [9.17, 15) is 13.2 Å². The molecule has 292 valence electrons. The van der Waals surface area contributed by atoms with E-state index < -0.39 is 11.7 Å². The lowest BCUT2D eigenvalue weighted by molar-refractivity contribution is -0.137. The number of aromatic nitrogens is 4. The van der Waals surface area contributed by atoms with Crippen molar-refractivity contribution in [3.8, 4) is 62.1 Å². The van der Waals surface area contributed by atoms with E-state index in [0.717, 1.165) is 72.5 Å². The number of fused-ring (bicyclic) bond motifs is 6. The predicted molar refractivity (Wildman–Crippen MR) is 244 cm³/mol. The maximum Gasteiger partial charge on any atom is 0.416 e. The summed E-state index contributed by atoms with van der Waals surface area (Å²) >= 11 is 1.79. The van der Waals surface area contributed by atoms with Crippen LogP contribution < -0.4 is 0 Å². The van der Waals surface area contributed by atoms with Crippen LogP contribution in [0.2, 0.25) is 0 Å². The van der Waals surface area contributed by atoms with Crippen molar-refractivity contribution in [1.29, 1.82) is 0 Å². The molecule has 0 bridgehead atoms. The number of rotatable bonds is 6. The van der Waals surface area contributed by atoms with E-state index in [4.69, 9.17) is 15.0 Å². The number of alkyl halides is 3. The second-order valence-corrected chi connectivity index (χ2v) is 16.3. The summed E-state index contributed by atoms with van der Waals surface area (Å²) in [5.41, 5.74) is 8.92. The molecule has 0 saturated carbocycles. The molecule has 61 heavy (non-hydrogen) atoms. The van der Waals surface area contributed by atoms with Crippen LogP contribution in [-0.4, -0.2) is 19.5 Å². The topological polar surface area (TPSA) is 43.6 Å². The van der Waals surface area contributed by atoms with Gasteiger partial charge in [0.05, 0.1) is 22.3 Å². The Morgan fingerprint density at radius 2 is 1.00 bits per heavy atom. The molecular formula is C53H33F3N4S. The summed E-state index contributed by atoms with van der Waals surface area (Å²) in [6.45, 7) is 1.73. The Labute approximate surface area is 352 Å². The van der Waals surface area contributed by atoms with Crippen molar-refractivity contribution in [1.82, 2.24) is 19.5 Å². The van der Waals surface area contributed by atoms with Gasteiger partial charge in [0, 0.05) is 47.6 Å². The fourth-order valence-electron chi connectivity index (χ4n) is 8.49. The number of hydrogen-bond donors (Lipinski definition) is 0. The molecule has 8 heteroatoms. The number of aryl methyl sites for hydroxylation is 1. The summed E-state index contributed by atoms with van der Waals surface area (Å²) in [6.07, 6.45) is -4.42. The minimum atomic E-state index is -4.42. The third kappa shape index (κ3) is 6.44. The van der Waals surface area contributed by atoms with Gasteiger partial charge in [0.25, 0.3) is 0 Å². The Morgan fingerprint density at radius 3 is 1.72 bits per heavy atom. The van der Waals surface area contributed by atoms with Gasteiger partial charge in [-0.3, -0.25) is 0 Å². The van der Waals surface area contributed by atoms with E-state index in [1.807, 2.05) is 78.9 Å². The molecule has 0 amide bonds.